The number of alkyl halides is 2. The molecular weight excluding hydrogens is 459 g/mol. The average molecular weight is 485 g/mol. The zero-order chi connectivity index (χ0) is 17.6. The molecular formula is C16H26F2IN5O2. The van der Waals surface area contributed by atoms with Crippen LogP contribution in [0.25, 0.3) is 0 Å². The van der Waals surface area contributed by atoms with Gasteiger partial charge in [-0.05, 0) is 19.8 Å². The van der Waals surface area contributed by atoms with E-state index >= 15 is 0 Å². The molecule has 2 unspecified atom stereocenters. The highest BCUT2D eigenvalue weighted by molar-refractivity contribution is 14.0. The molecule has 1 aromatic rings. The van der Waals surface area contributed by atoms with E-state index in [1.807, 2.05) is 6.92 Å². The third kappa shape index (κ3) is 5.26. The van der Waals surface area contributed by atoms with Crippen LogP contribution < -0.4 is 5.32 Å². The molecule has 3 rings (SSSR count). The molecule has 148 valence electrons. The summed E-state index contributed by atoms with van der Waals surface area (Å²) >= 11 is 0. The molecule has 10 heteroatoms. The van der Waals surface area contributed by atoms with Gasteiger partial charge in [0.25, 0.3) is 0 Å². The van der Waals surface area contributed by atoms with E-state index in [-0.39, 0.29) is 48.6 Å². The van der Waals surface area contributed by atoms with Crippen LogP contribution >= 0.6 is 24.0 Å². The Bertz CT molecular complexity index is 581. The van der Waals surface area contributed by atoms with Gasteiger partial charge in [-0.2, -0.15) is 8.78 Å². The standard InChI is InChI=1S/C16H25F2N5O2.HI/c1-2-19-16(21-10-14-20-5-6-23(14)15(17)18)22-7-9-25-13(11-22)12-4-3-8-24-12;/h5-6,12-13,15H,2-4,7-11H2,1H3,(H,19,21);1H. The molecule has 26 heavy (non-hydrogen) atoms. The first kappa shape index (κ1) is 21.3. The molecule has 0 radical (unpaired) electrons. The zero-order valence-electron chi connectivity index (χ0n) is 14.8. The van der Waals surface area contributed by atoms with Gasteiger partial charge in [-0.25, -0.2) is 9.98 Å². The van der Waals surface area contributed by atoms with Crippen LogP contribution in [0.15, 0.2) is 17.4 Å². The summed E-state index contributed by atoms with van der Waals surface area (Å²) in [4.78, 5) is 10.6. The van der Waals surface area contributed by atoms with E-state index in [1.165, 1.54) is 12.4 Å². The van der Waals surface area contributed by atoms with Crippen LogP contribution in [0.4, 0.5) is 8.78 Å². The van der Waals surface area contributed by atoms with Crippen molar-refractivity contribution in [2.24, 2.45) is 4.99 Å². The number of aromatic nitrogens is 2. The average Bonchev–Trinajstić information content (AvgIpc) is 3.30. The lowest BCUT2D eigenvalue weighted by Crippen LogP contribution is -2.53. The van der Waals surface area contributed by atoms with E-state index in [9.17, 15) is 8.78 Å². The highest BCUT2D eigenvalue weighted by Gasteiger charge is 2.32. The van der Waals surface area contributed by atoms with Crippen LogP contribution in [-0.4, -0.2) is 65.5 Å². The summed E-state index contributed by atoms with van der Waals surface area (Å²) < 4.78 is 38.3. The zero-order valence-corrected chi connectivity index (χ0v) is 17.1. The minimum atomic E-state index is -2.61. The summed E-state index contributed by atoms with van der Waals surface area (Å²) in [7, 11) is 0. The maximum Gasteiger partial charge on any atom is 0.319 e. The summed E-state index contributed by atoms with van der Waals surface area (Å²) in [5.41, 5.74) is 0. The number of hydrogen-bond acceptors (Lipinski definition) is 4. The van der Waals surface area contributed by atoms with Gasteiger partial charge in [0.1, 0.15) is 18.5 Å². The Morgan fingerprint density at radius 2 is 2.19 bits per heavy atom. The Hall–Kier alpha value is -1.01. The Morgan fingerprint density at radius 3 is 2.88 bits per heavy atom. The number of imidazole rings is 1. The predicted octanol–water partition coefficient (Wildman–Crippen LogP) is 2.24. The van der Waals surface area contributed by atoms with Gasteiger partial charge < -0.3 is 19.7 Å². The maximum absolute atomic E-state index is 12.9. The molecule has 1 N–H and O–H groups in total. The second-order valence-corrected chi connectivity index (χ2v) is 6.11. The van der Waals surface area contributed by atoms with Crippen molar-refractivity contribution in [2.45, 2.75) is 45.1 Å². The van der Waals surface area contributed by atoms with E-state index in [0.717, 1.165) is 24.0 Å². The van der Waals surface area contributed by atoms with E-state index < -0.39 is 6.55 Å². The number of hydrogen-bond donors (Lipinski definition) is 1. The van der Waals surface area contributed by atoms with Crippen LogP contribution in [0.3, 0.4) is 0 Å². The molecule has 2 atom stereocenters. The first-order chi connectivity index (χ1) is 12.2. The molecule has 3 heterocycles. The molecule has 2 aliphatic heterocycles. The number of nitrogens with zero attached hydrogens (tertiary/aromatic N) is 4. The Balaban J connectivity index is 0.00000243. The van der Waals surface area contributed by atoms with Crippen molar-refractivity contribution >= 4 is 29.9 Å². The SMILES string of the molecule is CCNC(=NCc1nccn1C(F)F)N1CCOC(C2CCCO2)C1.I. The minimum absolute atomic E-state index is 0. The summed E-state index contributed by atoms with van der Waals surface area (Å²) in [6.07, 6.45) is 4.86. The monoisotopic (exact) mass is 485 g/mol. The van der Waals surface area contributed by atoms with Crippen LogP contribution in [0.1, 0.15) is 32.1 Å². The van der Waals surface area contributed by atoms with Crippen molar-refractivity contribution in [2.75, 3.05) is 32.8 Å². The van der Waals surface area contributed by atoms with Crippen LogP contribution in [0.2, 0.25) is 0 Å². The second kappa shape index (κ2) is 10.4. The second-order valence-electron chi connectivity index (χ2n) is 6.11. The number of guanidine groups is 1. The van der Waals surface area contributed by atoms with E-state index in [1.54, 1.807) is 0 Å². The van der Waals surface area contributed by atoms with Gasteiger partial charge in [0, 0.05) is 38.6 Å². The number of rotatable bonds is 5. The van der Waals surface area contributed by atoms with Gasteiger partial charge >= 0.3 is 6.55 Å². The molecule has 0 spiro atoms. The first-order valence-corrected chi connectivity index (χ1v) is 8.75. The normalized spacial score (nSPS) is 24.0. The largest absolute Gasteiger partial charge is 0.375 e. The highest BCUT2D eigenvalue weighted by atomic mass is 127. The topological polar surface area (TPSA) is 63.9 Å². The number of morpholine rings is 1. The third-order valence-electron chi connectivity index (χ3n) is 4.44. The maximum atomic E-state index is 12.9. The highest BCUT2D eigenvalue weighted by Crippen LogP contribution is 2.21. The van der Waals surface area contributed by atoms with Crippen molar-refractivity contribution < 1.29 is 18.3 Å². The molecule has 1 aromatic heterocycles. The van der Waals surface area contributed by atoms with Crippen LogP contribution in [-0.2, 0) is 16.0 Å². The summed E-state index contributed by atoms with van der Waals surface area (Å²) in [6, 6.07) is 0. The fourth-order valence-electron chi connectivity index (χ4n) is 3.20. The lowest BCUT2D eigenvalue weighted by atomic mass is 10.1. The minimum Gasteiger partial charge on any atom is -0.375 e. The summed E-state index contributed by atoms with van der Waals surface area (Å²) in [5.74, 6) is 0.937. The fourth-order valence-corrected chi connectivity index (χ4v) is 3.20. The van der Waals surface area contributed by atoms with Crippen molar-refractivity contribution in [3.05, 3.63) is 18.2 Å². The molecule has 0 aromatic carbocycles. The third-order valence-corrected chi connectivity index (χ3v) is 4.44. The molecule has 7 nitrogen and oxygen atoms in total. The van der Waals surface area contributed by atoms with Crippen molar-refractivity contribution in [1.29, 1.82) is 0 Å². The number of ether oxygens (including phenoxy) is 2. The number of nitrogens with one attached hydrogen (secondary N) is 1. The molecule has 2 fully saturated rings. The predicted molar refractivity (Wildman–Crippen MR) is 104 cm³/mol. The van der Waals surface area contributed by atoms with Crippen LogP contribution in [0, 0.1) is 0 Å². The fraction of sp³-hybridized carbons (Fsp3) is 0.750. The Morgan fingerprint density at radius 1 is 1.38 bits per heavy atom. The van der Waals surface area contributed by atoms with Gasteiger partial charge in [-0.1, -0.05) is 0 Å². The molecule has 2 aliphatic rings. The van der Waals surface area contributed by atoms with Crippen molar-refractivity contribution in [3.63, 3.8) is 0 Å². The number of aliphatic imine (C=N–C) groups is 1. The number of halogens is 3. The molecule has 0 bridgehead atoms. The van der Waals surface area contributed by atoms with Gasteiger partial charge in [0.2, 0.25) is 0 Å². The lowest BCUT2D eigenvalue weighted by Gasteiger charge is -2.37. The summed E-state index contributed by atoms with van der Waals surface area (Å²) in [5, 5.41) is 3.23. The lowest BCUT2D eigenvalue weighted by molar-refractivity contribution is -0.0817. The molecule has 2 saturated heterocycles. The van der Waals surface area contributed by atoms with E-state index in [0.29, 0.717) is 32.2 Å². The van der Waals surface area contributed by atoms with Crippen LogP contribution in [0.5, 0.6) is 0 Å². The van der Waals surface area contributed by atoms with Gasteiger partial charge in [0.15, 0.2) is 5.96 Å². The smallest absolute Gasteiger partial charge is 0.319 e. The quantitative estimate of drug-likeness (QED) is 0.394. The van der Waals surface area contributed by atoms with Gasteiger partial charge in [0.05, 0.1) is 12.7 Å². The molecule has 0 amide bonds. The van der Waals surface area contributed by atoms with Gasteiger partial charge in [-0.3, -0.25) is 4.57 Å². The van der Waals surface area contributed by atoms with Crippen molar-refractivity contribution in [3.8, 4) is 0 Å². The molecule has 0 saturated carbocycles. The van der Waals surface area contributed by atoms with E-state index in [4.69, 9.17) is 9.47 Å². The summed E-state index contributed by atoms with van der Waals surface area (Å²) in [6.45, 7) is 2.94. The van der Waals surface area contributed by atoms with Crippen molar-refractivity contribution in [1.82, 2.24) is 19.8 Å². The molecule has 0 aliphatic carbocycles. The first-order valence-electron chi connectivity index (χ1n) is 8.75. The van der Waals surface area contributed by atoms with E-state index in [2.05, 4.69) is 20.2 Å². The Labute approximate surface area is 169 Å². The van der Waals surface area contributed by atoms with Gasteiger partial charge in [-0.15, -0.1) is 24.0 Å². The Kier molecular flexibility index (Phi) is 8.48.